The largest absolute Gasteiger partial charge is 0.444 e. The van der Waals surface area contributed by atoms with Gasteiger partial charge in [0.25, 0.3) is 0 Å². The molecular weight excluding hydrogens is 292 g/mol. The van der Waals surface area contributed by atoms with Gasteiger partial charge >= 0.3 is 6.09 Å². The Hall–Kier alpha value is -0.810. The Morgan fingerprint density at radius 1 is 1.26 bits per heavy atom. The summed E-state index contributed by atoms with van der Waals surface area (Å²) in [6, 6.07) is 0. The number of hydrogen-bond acceptors (Lipinski definition) is 4. The van der Waals surface area contributed by atoms with Crippen molar-refractivity contribution in [2.45, 2.75) is 59.0 Å². The molecule has 1 N–H and O–H groups in total. The van der Waals surface area contributed by atoms with E-state index in [1.165, 1.54) is 6.42 Å². The molecule has 134 valence electrons. The monoisotopic (exact) mass is 326 g/mol. The van der Waals surface area contributed by atoms with Gasteiger partial charge in [-0.1, -0.05) is 6.92 Å². The first kappa shape index (κ1) is 18.5. The van der Waals surface area contributed by atoms with E-state index in [9.17, 15) is 9.90 Å². The van der Waals surface area contributed by atoms with Crippen molar-refractivity contribution in [3.8, 4) is 0 Å². The molecule has 0 aliphatic carbocycles. The van der Waals surface area contributed by atoms with Crippen LogP contribution in [0.25, 0.3) is 0 Å². The second kappa shape index (κ2) is 7.39. The van der Waals surface area contributed by atoms with Crippen molar-refractivity contribution >= 4 is 6.09 Å². The van der Waals surface area contributed by atoms with Crippen LogP contribution in [-0.2, 0) is 4.74 Å². The Balaban J connectivity index is 1.75. The van der Waals surface area contributed by atoms with Crippen LogP contribution in [0, 0.1) is 11.3 Å². The fourth-order valence-corrected chi connectivity index (χ4v) is 3.70. The summed E-state index contributed by atoms with van der Waals surface area (Å²) in [7, 11) is 0. The molecule has 0 radical (unpaired) electrons. The van der Waals surface area contributed by atoms with Gasteiger partial charge < -0.3 is 19.6 Å². The van der Waals surface area contributed by atoms with Crippen molar-refractivity contribution in [3.05, 3.63) is 0 Å². The molecule has 0 aromatic rings. The van der Waals surface area contributed by atoms with Crippen LogP contribution in [0.3, 0.4) is 0 Å². The molecule has 1 amide bonds. The van der Waals surface area contributed by atoms with Crippen molar-refractivity contribution in [2.24, 2.45) is 11.3 Å². The van der Waals surface area contributed by atoms with Gasteiger partial charge in [0.1, 0.15) is 5.60 Å². The Kier molecular flexibility index (Phi) is 5.95. The van der Waals surface area contributed by atoms with Gasteiger partial charge in [0.2, 0.25) is 0 Å². The van der Waals surface area contributed by atoms with Gasteiger partial charge in [0, 0.05) is 38.2 Å². The number of carbonyl (C=O) groups is 1. The highest BCUT2D eigenvalue weighted by molar-refractivity contribution is 5.68. The number of aliphatic hydroxyl groups excluding tert-OH is 1. The number of carbonyl (C=O) groups excluding carboxylic acids is 1. The maximum absolute atomic E-state index is 12.1. The summed E-state index contributed by atoms with van der Waals surface area (Å²) in [4.78, 5) is 16.5. The standard InChI is InChI=1S/C18H34N2O3/c1-17(2,3)23-16(22)20-10-6-15(7-11-20)12-19-9-5-8-18(4,13-19)14-21/h15,21H,5-14H2,1-4H3. The highest BCUT2D eigenvalue weighted by Crippen LogP contribution is 2.30. The summed E-state index contributed by atoms with van der Waals surface area (Å²) in [6.07, 6.45) is 4.21. The molecule has 1 atom stereocenters. The minimum absolute atomic E-state index is 0.0649. The average molecular weight is 326 g/mol. The zero-order valence-corrected chi connectivity index (χ0v) is 15.3. The molecular formula is C18H34N2O3. The van der Waals surface area contributed by atoms with Crippen LogP contribution in [0.2, 0.25) is 0 Å². The van der Waals surface area contributed by atoms with Gasteiger partial charge in [0.15, 0.2) is 0 Å². The van der Waals surface area contributed by atoms with Crippen LogP contribution < -0.4 is 0 Å². The molecule has 0 saturated carbocycles. The van der Waals surface area contributed by atoms with Gasteiger partial charge in [-0.3, -0.25) is 0 Å². The summed E-state index contributed by atoms with van der Waals surface area (Å²) in [5.74, 6) is 0.648. The lowest BCUT2D eigenvalue weighted by atomic mass is 9.82. The van der Waals surface area contributed by atoms with Gasteiger partial charge in [-0.25, -0.2) is 4.79 Å². The molecule has 1 unspecified atom stereocenters. The molecule has 2 aliphatic heterocycles. The van der Waals surface area contributed by atoms with E-state index in [1.54, 1.807) is 0 Å². The number of aliphatic hydroxyl groups is 1. The molecule has 5 heteroatoms. The Morgan fingerprint density at radius 3 is 2.48 bits per heavy atom. The zero-order chi connectivity index (χ0) is 17.1. The molecule has 23 heavy (non-hydrogen) atoms. The van der Waals surface area contributed by atoms with Crippen molar-refractivity contribution < 1.29 is 14.6 Å². The molecule has 2 fully saturated rings. The average Bonchev–Trinajstić information content (AvgIpc) is 2.46. The van der Waals surface area contributed by atoms with E-state index in [0.29, 0.717) is 5.92 Å². The fourth-order valence-electron chi connectivity index (χ4n) is 3.70. The van der Waals surface area contributed by atoms with Crippen molar-refractivity contribution in [3.63, 3.8) is 0 Å². The molecule has 0 bridgehead atoms. The SMILES string of the molecule is CC1(CO)CCCN(CC2CCN(C(=O)OC(C)(C)C)CC2)C1. The highest BCUT2D eigenvalue weighted by atomic mass is 16.6. The Labute approximate surface area is 141 Å². The van der Waals surface area contributed by atoms with E-state index in [0.717, 1.165) is 52.0 Å². The number of hydrogen-bond donors (Lipinski definition) is 1. The first-order valence-corrected chi connectivity index (χ1v) is 9.02. The molecule has 2 saturated heterocycles. The normalized spacial score (nSPS) is 28.0. The summed E-state index contributed by atoms with van der Waals surface area (Å²) >= 11 is 0. The number of rotatable bonds is 3. The first-order valence-electron chi connectivity index (χ1n) is 9.02. The zero-order valence-electron chi connectivity index (χ0n) is 15.3. The molecule has 2 aliphatic rings. The highest BCUT2D eigenvalue weighted by Gasteiger charge is 2.33. The molecule has 0 aromatic heterocycles. The Bertz CT molecular complexity index is 400. The smallest absolute Gasteiger partial charge is 0.410 e. The first-order chi connectivity index (χ1) is 10.7. The predicted octanol–water partition coefficient (Wildman–Crippen LogP) is 2.73. The number of ether oxygens (including phenoxy) is 1. The fraction of sp³-hybridized carbons (Fsp3) is 0.944. The topological polar surface area (TPSA) is 53.0 Å². The van der Waals surface area contributed by atoms with Crippen LogP contribution in [0.1, 0.15) is 53.4 Å². The predicted molar refractivity (Wildman–Crippen MR) is 91.4 cm³/mol. The lowest BCUT2D eigenvalue weighted by molar-refractivity contribution is 0.0113. The summed E-state index contributed by atoms with van der Waals surface area (Å²) in [5.41, 5.74) is -0.355. The molecule has 0 aromatic carbocycles. The van der Waals surface area contributed by atoms with Gasteiger partial charge in [0.05, 0.1) is 0 Å². The van der Waals surface area contributed by atoms with Crippen molar-refractivity contribution in [2.75, 3.05) is 39.3 Å². The summed E-state index contributed by atoms with van der Waals surface area (Å²) in [5, 5.41) is 9.58. The van der Waals surface area contributed by atoms with Gasteiger partial charge in [-0.15, -0.1) is 0 Å². The lowest BCUT2D eigenvalue weighted by Gasteiger charge is -2.42. The maximum Gasteiger partial charge on any atom is 0.410 e. The second-order valence-corrected chi connectivity index (χ2v) is 8.72. The van der Waals surface area contributed by atoms with E-state index in [2.05, 4.69) is 11.8 Å². The number of likely N-dealkylation sites (tertiary alicyclic amines) is 2. The third-order valence-corrected chi connectivity index (χ3v) is 5.02. The molecule has 0 spiro atoms. The van der Waals surface area contributed by atoms with Crippen LogP contribution in [0.15, 0.2) is 0 Å². The third-order valence-electron chi connectivity index (χ3n) is 5.02. The third kappa shape index (κ3) is 5.64. The Morgan fingerprint density at radius 2 is 1.91 bits per heavy atom. The van der Waals surface area contributed by atoms with Crippen molar-refractivity contribution in [1.29, 1.82) is 0 Å². The van der Waals surface area contributed by atoms with E-state index in [4.69, 9.17) is 4.74 Å². The number of nitrogens with zero attached hydrogens (tertiary/aromatic N) is 2. The van der Waals surface area contributed by atoms with E-state index < -0.39 is 5.60 Å². The summed E-state index contributed by atoms with van der Waals surface area (Å²) in [6.45, 7) is 13.0. The van der Waals surface area contributed by atoms with Gasteiger partial charge in [-0.05, 0) is 58.9 Å². The minimum Gasteiger partial charge on any atom is -0.444 e. The minimum atomic E-state index is -0.420. The maximum atomic E-state index is 12.1. The molecule has 2 rings (SSSR count). The second-order valence-electron chi connectivity index (χ2n) is 8.72. The van der Waals surface area contributed by atoms with E-state index >= 15 is 0 Å². The van der Waals surface area contributed by atoms with Crippen LogP contribution in [0.4, 0.5) is 4.79 Å². The van der Waals surface area contributed by atoms with E-state index in [-0.39, 0.29) is 18.1 Å². The number of amides is 1. The lowest BCUT2D eigenvalue weighted by Crippen LogP contribution is -2.47. The van der Waals surface area contributed by atoms with Crippen LogP contribution in [0.5, 0.6) is 0 Å². The summed E-state index contributed by atoms with van der Waals surface area (Å²) < 4.78 is 5.45. The quantitative estimate of drug-likeness (QED) is 0.866. The number of piperidine rings is 2. The van der Waals surface area contributed by atoms with Crippen molar-refractivity contribution in [1.82, 2.24) is 9.80 Å². The molecule has 5 nitrogen and oxygen atoms in total. The van der Waals surface area contributed by atoms with Crippen LogP contribution in [-0.4, -0.2) is 65.9 Å². The molecule has 2 heterocycles. The van der Waals surface area contributed by atoms with Gasteiger partial charge in [-0.2, -0.15) is 0 Å². The van der Waals surface area contributed by atoms with E-state index in [1.807, 2.05) is 25.7 Å². The van der Waals surface area contributed by atoms with Crippen LogP contribution >= 0.6 is 0 Å².